The topological polar surface area (TPSA) is 76.3 Å². The lowest BCUT2D eigenvalue weighted by atomic mass is 9.94. The largest absolute Gasteiger partial charge is 0.342 e. The van der Waals surface area contributed by atoms with Crippen LogP contribution in [-0.4, -0.2) is 50.2 Å². The van der Waals surface area contributed by atoms with Crippen LogP contribution in [0.5, 0.6) is 0 Å². The number of aromatic nitrogens is 2. The maximum absolute atomic E-state index is 13.0. The van der Waals surface area contributed by atoms with Gasteiger partial charge in [-0.25, -0.2) is 4.68 Å². The third kappa shape index (κ3) is 5.23. The molecular weight excluding hydrogens is 412 g/mol. The molecule has 7 nitrogen and oxygen atoms in total. The fraction of sp³-hybridized carbons (Fsp3) is 0.522. The number of thioether (sulfide) groups is 1. The van der Waals surface area contributed by atoms with Gasteiger partial charge in [-0.15, -0.1) is 11.8 Å². The smallest absolute Gasteiger partial charge is 0.295 e. The molecule has 1 N–H and O–H groups in total. The first-order chi connectivity index (χ1) is 14.8. The highest BCUT2D eigenvalue weighted by Gasteiger charge is 2.25. The zero-order valence-corrected chi connectivity index (χ0v) is 19.6. The summed E-state index contributed by atoms with van der Waals surface area (Å²) < 4.78 is 3.26. The molecule has 0 radical (unpaired) electrons. The van der Waals surface area contributed by atoms with Crippen molar-refractivity contribution in [3.63, 3.8) is 0 Å². The molecule has 1 unspecified atom stereocenters. The van der Waals surface area contributed by atoms with E-state index in [2.05, 4.69) is 5.32 Å². The maximum atomic E-state index is 13.0. The monoisotopic (exact) mass is 444 g/mol. The van der Waals surface area contributed by atoms with Crippen molar-refractivity contribution < 1.29 is 9.59 Å². The van der Waals surface area contributed by atoms with Crippen molar-refractivity contribution in [2.24, 2.45) is 7.05 Å². The number of nitrogens with zero attached hydrogens (tertiary/aromatic N) is 3. The molecule has 0 bridgehead atoms. The number of carbonyl (C=O) groups excluding carboxylic acids is 2. The summed E-state index contributed by atoms with van der Waals surface area (Å²) in [6.07, 6.45) is 5.71. The number of amides is 2. The van der Waals surface area contributed by atoms with Crippen LogP contribution in [0.3, 0.4) is 0 Å². The number of rotatable bonds is 7. The Bertz CT molecular complexity index is 977. The van der Waals surface area contributed by atoms with Crippen LogP contribution in [0.1, 0.15) is 44.7 Å². The molecule has 3 rings (SSSR count). The van der Waals surface area contributed by atoms with E-state index in [1.807, 2.05) is 42.3 Å². The van der Waals surface area contributed by atoms with E-state index in [4.69, 9.17) is 0 Å². The second kappa shape index (κ2) is 10.2. The quantitative estimate of drug-likeness (QED) is 0.711. The van der Waals surface area contributed by atoms with Crippen molar-refractivity contribution in [2.45, 2.75) is 57.2 Å². The predicted octanol–water partition coefficient (Wildman–Crippen LogP) is 3.34. The minimum Gasteiger partial charge on any atom is -0.342 e. The standard InChI is InChI=1S/C23H32N4O3S/c1-16-21(23(30)27(26(16)4)19-13-9-6-10-14-19)24-22(29)17(2)31-15-20(28)25(3)18-11-7-5-8-12-18/h6,9-10,13-14,17-18H,5,7-8,11-12,15H2,1-4H3,(H,24,29). The molecule has 1 saturated carbocycles. The second-order valence-electron chi connectivity index (χ2n) is 8.18. The SMILES string of the molecule is Cc1c(NC(=O)C(C)SCC(=O)N(C)C2CCCCC2)c(=O)n(-c2ccccc2)n1C. The Morgan fingerprint density at radius 2 is 1.84 bits per heavy atom. The molecule has 1 aromatic heterocycles. The lowest BCUT2D eigenvalue weighted by Crippen LogP contribution is -2.39. The highest BCUT2D eigenvalue weighted by atomic mass is 32.2. The molecule has 1 fully saturated rings. The van der Waals surface area contributed by atoms with E-state index in [9.17, 15) is 14.4 Å². The normalized spacial score (nSPS) is 15.5. The number of anilines is 1. The van der Waals surface area contributed by atoms with Crippen molar-refractivity contribution in [3.8, 4) is 5.69 Å². The van der Waals surface area contributed by atoms with Crippen LogP contribution in [0.15, 0.2) is 35.1 Å². The molecular formula is C23H32N4O3S. The average Bonchev–Trinajstić information content (AvgIpc) is 3.00. The van der Waals surface area contributed by atoms with Crippen molar-refractivity contribution in [1.82, 2.24) is 14.3 Å². The van der Waals surface area contributed by atoms with Gasteiger partial charge >= 0.3 is 0 Å². The lowest BCUT2D eigenvalue weighted by Gasteiger charge is -2.31. The predicted molar refractivity (Wildman–Crippen MR) is 126 cm³/mol. The molecule has 0 saturated heterocycles. The van der Waals surface area contributed by atoms with E-state index in [1.165, 1.54) is 35.7 Å². The molecule has 0 aliphatic heterocycles. The molecule has 1 aliphatic rings. The van der Waals surface area contributed by atoms with Gasteiger partial charge < -0.3 is 10.2 Å². The third-order valence-electron chi connectivity index (χ3n) is 6.14. The Morgan fingerprint density at radius 1 is 1.19 bits per heavy atom. The minimum atomic E-state index is -0.451. The molecule has 8 heteroatoms. The van der Waals surface area contributed by atoms with Crippen molar-refractivity contribution in [1.29, 1.82) is 0 Å². The zero-order chi connectivity index (χ0) is 22.5. The summed E-state index contributed by atoms with van der Waals surface area (Å²) in [5.74, 6) is 0.0341. The van der Waals surface area contributed by atoms with Crippen LogP contribution >= 0.6 is 11.8 Å². The number of hydrogen-bond donors (Lipinski definition) is 1. The van der Waals surface area contributed by atoms with Crippen LogP contribution in [0.2, 0.25) is 0 Å². The number of nitrogens with one attached hydrogen (secondary N) is 1. The van der Waals surface area contributed by atoms with Gasteiger partial charge in [-0.05, 0) is 38.8 Å². The van der Waals surface area contributed by atoms with Gasteiger partial charge in [0.05, 0.1) is 22.4 Å². The Morgan fingerprint density at radius 3 is 2.48 bits per heavy atom. The second-order valence-corrected chi connectivity index (χ2v) is 9.50. The highest BCUT2D eigenvalue weighted by Crippen LogP contribution is 2.23. The summed E-state index contributed by atoms with van der Waals surface area (Å²) in [5.41, 5.74) is 1.41. The summed E-state index contributed by atoms with van der Waals surface area (Å²) in [6.45, 7) is 3.57. The lowest BCUT2D eigenvalue weighted by molar-refractivity contribution is -0.129. The number of para-hydroxylation sites is 1. The van der Waals surface area contributed by atoms with Crippen molar-refractivity contribution in [3.05, 3.63) is 46.4 Å². The van der Waals surface area contributed by atoms with E-state index in [0.29, 0.717) is 11.7 Å². The van der Waals surface area contributed by atoms with Crippen LogP contribution in [0.25, 0.3) is 5.69 Å². The van der Waals surface area contributed by atoms with Gasteiger partial charge in [-0.2, -0.15) is 0 Å². The Balaban J connectivity index is 1.62. The van der Waals surface area contributed by atoms with Crippen LogP contribution < -0.4 is 10.9 Å². The molecule has 2 amide bonds. The van der Waals surface area contributed by atoms with Gasteiger partial charge in [0.2, 0.25) is 11.8 Å². The highest BCUT2D eigenvalue weighted by molar-refractivity contribution is 8.01. The molecule has 168 valence electrons. The summed E-state index contributed by atoms with van der Waals surface area (Å²) >= 11 is 1.30. The minimum absolute atomic E-state index is 0.0545. The van der Waals surface area contributed by atoms with Gasteiger partial charge in [-0.3, -0.25) is 19.1 Å². The fourth-order valence-corrected chi connectivity index (χ4v) is 4.79. The van der Waals surface area contributed by atoms with Crippen LogP contribution in [0, 0.1) is 6.92 Å². The summed E-state index contributed by atoms with van der Waals surface area (Å²) in [6, 6.07) is 9.62. The first-order valence-corrected chi connectivity index (χ1v) is 11.9. The van der Waals surface area contributed by atoms with E-state index >= 15 is 0 Å². The van der Waals surface area contributed by atoms with Gasteiger partial charge in [0.1, 0.15) is 5.69 Å². The first-order valence-electron chi connectivity index (χ1n) is 10.8. The van der Waals surface area contributed by atoms with Gasteiger partial charge in [0.25, 0.3) is 5.56 Å². The average molecular weight is 445 g/mol. The Labute approximate surface area is 187 Å². The summed E-state index contributed by atoms with van der Waals surface area (Å²) in [4.78, 5) is 40.1. The van der Waals surface area contributed by atoms with Gasteiger partial charge in [0.15, 0.2) is 0 Å². The van der Waals surface area contributed by atoms with E-state index in [0.717, 1.165) is 18.5 Å². The summed E-state index contributed by atoms with van der Waals surface area (Å²) in [5, 5.41) is 2.34. The van der Waals surface area contributed by atoms with Crippen LogP contribution in [0.4, 0.5) is 5.69 Å². The molecule has 1 aliphatic carbocycles. The van der Waals surface area contributed by atoms with Crippen LogP contribution in [-0.2, 0) is 16.6 Å². The van der Waals surface area contributed by atoms with Crippen molar-refractivity contribution in [2.75, 3.05) is 18.1 Å². The number of carbonyl (C=O) groups is 2. The van der Waals surface area contributed by atoms with E-state index < -0.39 is 5.25 Å². The van der Waals surface area contributed by atoms with Gasteiger partial charge in [-0.1, -0.05) is 37.5 Å². The molecule has 31 heavy (non-hydrogen) atoms. The first kappa shape index (κ1) is 23.2. The Kier molecular flexibility index (Phi) is 7.64. The molecule has 0 spiro atoms. The number of hydrogen-bond acceptors (Lipinski definition) is 4. The molecule has 1 heterocycles. The molecule has 2 aromatic rings. The van der Waals surface area contributed by atoms with E-state index in [-0.39, 0.29) is 28.8 Å². The number of benzene rings is 1. The molecule has 1 aromatic carbocycles. The summed E-state index contributed by atoms with van der Waals surface area (Å²) in [7, 11) is 3.65. The van der Waals surface area contributed by atoms with Gasteiger partial charge in [0, 0.05) is 20.1 Å². The third-order valence-corrected chi connectivity index (χ3v) is 7.27. The maximum Gasteiger partial charge on any atom is 0.295 e. The van der Waals surface area contributed by atoms with E-state index in [1.54, 1.807) is 25.6 Å². The molecule has 1 atom stereocenters. The fourth-order valence-electron chi connectivity index (χ4n) is 3.98. The zero-order valence-electron chi connectivity index (χ0n) is 18.8. The Hall–Kier alpha value is -2.48. The van der Waals surface area contributed by atoms with Crippen molar-refractivity contribution >= 4 is 29.3 Å².